The molecular weight excluding hydrogens is 453 g/mol. The summed E-state index contributed by atoms with van der Waals surface area (Å²) in [6.07, 6.45) is 1.40. The number of carbonyl (C=O) groups excluding carboxylic acids is 2. The molecule has 0 bridgehead atoms. The van der Waals surface area contributed by atoms with Crippen LogP contribution in [0.5, 0.6) is 11.5 Å². The van der Waals surface area contributed by atoms with Crippen LogP contribution in [0.4, 0.5) is 5.69 Å². The Balaban J connectivity index is 1.53. The van der Waals surface area contributed by atoms with Crippen molar-refractivity contribution in [2.75, 3.05) is 12.4 Å². The van der Waals surface area contributed by atoms with Crippen LogP contribution < -0.4 is 20.2 Å². The van der Waals surface area contributed by atoms with Crippen molar-refractivity contribution in [3.63, 3.8) is 0 Å². The highest BCUT2D eigenvalue weighted by Gasteiger charge is 2.13. The molecule has 0 fully saturated rings. The van der Waals surface area contributed by atoms with Gasteiger partial charge in [-0.3, -0.25) is 9.59 Å². The van der Waals surface area contributed by atoms with Gasteiger partial charge in [-0.15, -0.1) is 0 Å². The highest BCUT2D eigenvalue weighted by molar-refractivity contribution is 6.39. The van der Waals surface area contributed by atoms with Crippen molar-refractivity contribution in [1.82, 2.24) is 5.43 Å². The Hall–Kier alpha value is -3.55. The molecule has 0 aromatic heterocycles. The average molecular weight is 472 g/mol. The minimum Gasteiger partial charge on any atom is -0.497 e. The lowest BCUT2D eigenvalue weighted by molar-refractivity contribution is -0.136. The van der Waals surface area contributed by atoms with Gasteiger partial charge in [-0.25, -0.2) is 5.43 Å². The zero-order chi connectivity index (χ0) is 22.9. The normalized spacial score (nSPS) is 10.6. The molecule has 3 rings (SSSR count). The third kappa shape index (κ3) is 6.47. The van der Waals surface area contributed by atoms with Crippen molar-refractivity contribution in [1.29, 1.82) is 0 Å². The average Bonchev–Trinajstić information content (AvgIpc) is 2.79. The Kier molecular flexibility index (Phi) is 8.08. The van der Waals surface area contributed by atoms with Crippen LogP contribution in [-0.4, -0.2) is 25.1 Å². The van der Waals surface area contributed by atoms with E-state index in [1.54, 1.807) is 66.7 Å². The largest absolute Gasteiger partial charge is 0.497 e. The number of carbonyl (C=O) groups is 2. The number of methoxy groups -OCH3 is 1. The fourth-order valence-electron chi connectivity index (χ4n) is 2.59. The molecule has 0 spiro atoms. The Bertz CT molecular complexity index is 1110. The summed E-state index contributed by atoms with van der Waals surface area (Å²) in [6.45, 7) is 0.196. The Morgan fingerprint density at radius 2 is 1.62 bits per heavy atom. The summed E-state index contributed by atoms with van der Waals surface area (Å²) >= 11 is 12.3. The van der Waals surface area contributed by atoms with Gasteiger partial charge >= 0.3 is 11.8 Å². The summed E-state index contributed by atoms with van der Waals surface area (Å²) in [6, 6.07) is 18.8. The monoisotopic (exact) mass is 471 g/mol. The van der Waals surface area contributed by atoms with Crippen molar-refractivity contribution in [3.05, 3.63) is 87.9 Å². The number of nitrogens with zero attached hydrogens (tertiary/aromatic N) is 1. The standard InChI is InChI=1S/C23H19Cl2N3O4/c1-31-17-10-8-16(9-11-17)27-22(29)23(30)28-26-13-15-4-2-5-18(12-15)32-14-19-20(24)6-3-7-21(19)25/h2-13H,14H2,1H3,(H,27,29)(H,28,30)/b26-13-. The third-order valence-corrected chi connectivity index (χ3v) is 4.95. The SMILES string of the molecule is COc1ccc(NC(=O)C(=O)N/N=C\c2cccc(OCc3c(Cl)cccc3Cl)c2)cc1. The number of nitrogens with one attached hydrogen (secondary N) is 2. The number of ether oxygens (including phenoxy) is 2. The molecule has 0 aliphatic heterocycles. The molecule has 0 atom stereocenters. The van der Waals surface area contributed by atoms with E-state index in [0.717, 1.165) is 0 Å². The van der Waals surface area contributed by atoms with E-state index in [-0.39, 0.29) is 6.61 Å². The van der Waals surface area contributed by atoms with E-state index in [1.165, 1.54) is 13.3 Å². The van der Waals surface area contributed by atoms with Crippen molar-refractivity contribution in [2.45, 2.75) is 6.61 Å². The van der Waals surface area contributed by atoms with Gasteiger partial charge in [0, 0.05) is 21.3 Å². The van der Waals surface area contributed by atoms with E-state index in [9.17, 15) is 9.59 Å². The molecule has 7 nitrogen and oxygen atoms in total. The molecule has 0 heterocycles. The van der Waals surface area contributed by atoms with Crippen LogP contribution in [0.2, 0.25) is 10.0 Å². The van der Waals surface area contributed by atoms with Crippen LogP contribution in [0.15, 0.2) is 71.8 Å². The molecule has 0 saturated heterocycles. The fourth-order valence-corrected chi connectivity index (χ4v) is 3.10. The summed E-state index contributed by atoms with van der Waals surface area (Å²) in [5.74, 6) is -0.550. The molecule has 3 aromatic rings. The maximum atomic E-state index is 12.0. The zero-order valence-electron chi connectivity index (χ0n) is 17.0. The van der Waals surface area contributed by atoms with Crippen LogP contribution in [0, 0.1) is 0 Å². The van der Waals surface area contributed by atoms with Gasteiger partial charge in [0.05, 0.1) is 13.3 Å². The summed E-state index contributed by atoms with van der Waals surface area (Å²) in [7, 11) is 1.54. The molecule has 9 heteroatoms. The zero-order valence-corrected chi connectivity index (χ0v) is 18.5. The number of rotatable bonds is 7. The predicted octanol–water partition coefficient (Wildman–Crippen LogP) is 4.67. The van der Waals surface area contributed by atoms with E-state index in [2.05, 4.69) is 15.8 Å². The van der Waals surface area contributed by atoms with Crippen LogP contribution in [0.1, 0.15) is 11.1 Å². The molecule has 0 saturated carbocycles. The minimum atomic E-state index is -0.905. The molecule has 3 aromatic carbocycles. The van der Waals surface area contributed by atoms with Gasteiger partial charge in [0.25, 0.3) is 0 Å². The number of amides is 2. The minimum absolute atomic E-state index is 0.196. The van der Waals surface area contributed by atoms with Gasteiger partial charge in [-0.1, -0.05) is 41.4 Å². The molecule has 0 radical (unpaired) electrons. The first-order valence-electron chi connectivity index (χ1n) is 9.40. The first-order valence-corrected chi connectivity index (χ1v) is 10.2. The number of hydrazone groups is 1. The summed E-state index contributed by atoms with van der Waals surface area (Å²) in [4.78, 5) is 23.9. The van der Waals surface area contributed by atoms with Gasteiger partial charge in [-0.2, -0.15) is 5.10 Å². The number of anilines is 1. The Labute approximate surface area is 194 Å². The van der Waals surface area contributed by atoms with Gasteiger partial charge in [0.1, 0.15) is 18.1 Å². The quantitative estimate of drug-likeness (QED) is 0.297. The molecule has 2 amide bonds. The topological polar surface area (TPSA) is 89.0 Å². The second-order valence-electron chi connectivity index (χ2n) is 6.44. The predicted molar refractivity (Wildman–Crippen MR) is 125 cm³/mol. The molecule has 2 N–H and O–H groups in total. The van der Waals surface area contributed by atoms with Gasteiger partial charge < -0.3 is 14.8 Å². The summed E-state index contributed by atoms with van der Waals surface area (Å²) in [5.41, 5.74) is 3.98. The van der Waals surface area contributed by atoms with E-state index >= 15 is 0 Å². The van der Waals surface area contributed by atoms with E-state index in [1.807, 2.05) is 0 Å². The molecule has 0 unspecified atom stereocenters. The van der Waals surface area contributed by atoms with E-state index < -0.39 is 11.8 Å². The summed E-state index contributed by atoms with van der Waals surface area (Å²) < 4.78 is 10.8. The van der Waals surface area contributed by atoms with Gasteiger partial charge in [-0.05, 0) is 54.1 Å². The van der Waals surface area contributed by atoms with E-state index in [4.69, 9.17) is 32.7 Å². The highest BCUT2D eigenvalue weighted by Crippen LogP contribution is 2.26. The lowest BCUT2D eigenvalue weighted by Gasteiger charge is -2.09. The molecule has 32 heavy (non-hydrogen) atoms. The van der Waals surface area contributed by atoms with Crippen molar-refractivity contribution in [3.8, 4) is 11.5 Å². The Morgan fingerprint density at radius 3 is 2.31 bits per heavy atom. The van der Waals surface area contributed by atoms with E-state index in [0.29, 0.717) is 38.4 Å². The smallest absolute Gasteiger partial charge is 0.329 e. The molecule has 0 aliphatic rings. The molecule has 0 aliphatic carbocycles. The highest BCUT2D eigenvalue weighted by atomic mass is 35.5. The summed E-state index contributed by atoms with van der Waals surface area (Å²) in [5, 5.41) is 7.32. The maximum absolute atomic E-state index is 12.0. The van der Waals surface area contributed by atoms with Crippen molar-refractivity contribution < 1.29 is 19.1 Å². The fraction of sp³-hybridized carbons (Fsp3) is 0.0870. The molecular formula is C23H19Cl2N3O4. The second-order valence-corrected chi connectivity index (χ2v) is 7.26. The van der Waals surface area contributed by atoms with Crippen LogP contribution >= 0.6 is 23.2 Å². The first kappa shape index (κ1) is 23.1. The van der Waals surface area contributed by atoms with Crippen LogP contribution in [-0.2, 0) is 16.2 Å². The van der Waals surface area contributed by atoms with Crippen molar-refractivity contribution >= 4 is 46.9 Å². The van der Waals surface area contributed by atoms with Crippen molar-refractivity contribution in [2.24, 2.45) is 5.10 Å². The maximum Gasteiger partial charge on any atom is 0.329 e. The third-order valence-electron chi connectivity index (χ3n) is 4.24. The second kappa shape index (κ2) is 11.2. The van der Waals surface area contributed by atoms with Gasteiger partial charge in [0.15, 0.2) is 0 Å². The number of hydrogen-bond donors (Lipinski definition) is 2. The number of benzene rings is 3. The van der Waals surface area contributed by atoms with Crippen LogP contribution in [0.25, 0.3) is 0 Å². The lowest BCUT2D eigenvalue weighted by atomic mass is 10.2. The number of hydrogen-bond acceptors (Lipinski definition) is 5. The first-order chi connectivity index (χ1) is 15.5. The lowest BCUT2D eigenvalue weighted by Crippen LogP contribution is -2.32. The molecule has 164 valence electrons. The number of halogens is 2. The Morgan fingerprint density at radius 1 is 0.938 bits per heavy atom. The van der Waals surface area contributed by atoms with Gasteiger partial charge in [0.2, 0.25) is 0 Å². The van der Waals surface area contributed by atoms with Crippen LogP contribution in [0.3, 0.4) is 0 Å².